The van der Waals surface area contributed by atoms with Crippen molar-refractivity contribution in [2.75, 3.05) is 6.79 Å². The molecule has 0 saturated carbocycles. The lowest BCUT2D eigenvalue weighted by Crippen LogP contribution is -2.23. The lowest BCUT2D eigenvalue weighted by molar-refractivity contribution is 0.174. The Morgan fingerprint density at radius 3 is 2.90 bits per heavy atom. The Hall–Kier alpha value is -2.87. The van der Waals surface area contributed by atoms with Crippen LogP contribution in [0, 0.1) is 12.3 Å². The van der Waals surface area contributed by atoms with E-state index in [9.17, 15) is 9.90 Å². The number of benzene rings is 1. The van der Waals surface area contributed by atoms with Crippen LogP contribution in [0.2, 0.25) is 0 Å². The van der Waals surface area contributed by atoms with Gasteiger partial charge in [0.25, 0.3) is 5.56 Å². The minimum atomic E-state index is -0.286. The van der Waals surface area contributed by atoms with Crippen molar-refractivity contribution in [2.45, 2.75) is 13.0 Å². The van der Waals surface area contributed by atoms with Gasteiger partial charge in [-0.05, 0) is 23.8 Å². The molecule has 0 unspecified atom stereocenters. The molecule has 1 N–H and O–H groups in total. The normalized spacial score (nSPS) is 12.1. The number of nitrogens with zero attached hydrogens (tertiary/aromatic N) is 1. The van der Waals surface area contributed by atoms with Crippen molar-refractivity contribution in [3.05, 3.63) is 51.9 Å². The number of rotatable bonds is 3. The maximum atomic E-state index is 12.3. The molecule has 0 fully saturated rings. The number of hydrogen-bond donors (Lipinski definition) is 1. The van der Waals surface area contributed by atoms with Gasteiger partial charge in [0.15, 0.2) is 11.5 Å². The number of ether oxygens (including phenoxy) is 2. The lowest BCUT2D eigenvalue weighted by Gasteiger charge is -2.09. The minimum absolute atomic E-state index is 0.0695. The number of aromatic hydroxyl groups is 1. The molecule has 1 aromatic heterocycles. The summed E-state index contributed by atoms with van der Waals surface area (Å²) in [4.78, 5) is 12.3. The molecule has 21 heavy (non-hydrogen) atoms. The van der Waals surface area contributed by atoms with E-state index >= 15 is 0 Å². The van der Waals surface area contributed by atoms with E-state index in [1.54, 1.807) is 6.20 Å². The molecule has 0 atom stereocenters. The lowest BCUT2D eigenvalue weighted by atomic mass is 10.1. The van der Waals surface area contributed by atoms with Crippen LogP contribution in [0.3, 0.4) is 0 Å². The first-order chi connectivity index (χ1) is 10.2. The number of fused-ring (bicyclic) bond motifs is 1. The summed E-state index contributed by atoms with van der Waals surface area (Å²) in [6.07, 6.45) is 6.87. The van der Waals surface area contributed by atoms with Gasteiger partial charge < -0.3 is 19.1 Å². The molecule has 0 bridgehead atoms. The highest BCUT2D eigenvalue weighted by molar-refractivity contribution is 5.44. The molecule has 106 valence electrons. The van der Waals surface area contributed by atoms with Crippen molar-refractivity contribution in [1.29, 1.82) is 0 Å². The molecule has 2 heterocycles. The van der Waals surface area contributed by atoms with Crippen LogP contribution in [0.25, 0.3) is 0 Å². The third-order valence-electron chi connectivity index (χ3n) is 3.31. The Kier molecular flexibility index (Phi) is 3.28. The highest BCUT2D eigenvalue weighted by atomic mass is 16.7. The summed E-state index contributed by atoms with van der Waals surface area (Å²) >= 11 is 0. The minimum Gasteiger partial charge on any atom is -0.507 e. The van der Waals surface area contributed by atoms with Crippen molar-refractivity contribution in [1.82, 2.24) is 4.57 Å². The van der Waals surface area contributed by atoms with Crippen molar-refractivity contribution >= 4 is 0 Å². The van der Waals surface area contributed by atoms with Crippen molar-refractivity contribution in [3.63, 3.8) is 0 Å². The molecule has 1 aromatic carbocycles. The predicted octanol–water partition coefficient (Wildman–Crippen LogP) is 1.51. The van der Waals surface area contributed by atoms with Gasteiger partial charge in [-0.2, -0.15) is 0 Å². The average molecular weight is 283 g/mol. The summed E-state index contributed by atoms with van der Waals surface area (Å²) in [5.41, 5.74) is 0.852. The van der Waals surface area contributed by atoms with E-state index in [-0.39, 0.29) is 30.1 Å². The van der Waals surface area contributed by atoms with E-state index in [1.807, 2.05) is 18.2 Å². The Morgan fingerprint density at radius 1 is 1.29 bits per heavy atom. The molecular weight excluding hydrogens is 270 g/mol. The fraction of sp³-hybridized carbons (Fsp3) is 0.188. The maximum absolute atomic E-state index is 12.3. The monoisotopic (exact) mass is 283 g/mol. The van der Waals surface area contributed by atoms with Gasteiger partial charge in [-0.1, -0.05) is 6.07 Å². The highest BCUT2D eigenvalue weighted by Gasteiger charge is 2.14. The number of hydrogen-bond acceptors (Lipinski definition) is 4. The standard InChI is InChI=1S/C16H13NO4/c1-2-3-12-13(18)6-7-17(16(12)19)9-11-4-5-14-15(8-11)21-10-20-14/h1,4-8,18H,3,9-10H2. The Bertz CT molecular complexity index is 786. The maximum Gasteiger partial charge on any atom is 0.258 e. The topological polar surface area (TPSA) is 60.7 Å². The van der Waals surface area contributed by atoms with E-state index in [4.69, 9.17) is 15.9 Å². The zero-order chi connectivity index (χ0) is 14.8. The first kappa shape index (κ1) is 13.1. The van der Waals surface area contributed by atoms with Gasteiger partial charge in [0, 0.05) is 12.6 Å². The number of aromatic nitrogens is 1. The number of terminal acetylenes is 1. The van der Waals surface area contributed by atoms with E-state index in [2.05, 4.69) is 5.92 Å². The third kappa shape index (κ3) is 2.43. The first-order valence-electron chi connectivity index (χ1n) is 6.42. The van der Waals surface area contributed by atoms with Crippen molar-refractivity contribution in [2.24, 2.45) is 0 Å². The molecule has 0 aliphatic carbocycles. The van der Waals surface area contributed by atoms with Crippen LogP contribution >= 0.6 is 0 Å². The van der Waals surface area contributed by atoms with Gasteiger partial charge in [-0.25, -0.2) is 0 Å². The Balaban J connectivity index is 1.94. The van der Waals surface area contributed by atoms with Crippen LogP contribution in [0.1, 0.15) is 11.1 Å². The molecule has 5 nitrogen and oxygen atoms in total. The van der Waals surface area contributed by atoms with Gasteiger partial charge in [0.2, 0.25) is 6.79 Å². The van der Waals surface area contributed by atoms with Gasteiger partial charge in [-0.15, -0.1) is 12.3 Å². The molecule has 3 rings (SSSR count). The highest BCUT2D eigenvalue weighted by Crippen LogP contribution is 2.32. The molecule has 1 aliphatic heterocycles. The van der Waals surface area contributed by atoms with Crippen molar-refractivity contribution in [3.8, 4) is 29.6 Å². The second-order valence-electron chi connectivity index (χ2n) is 4.68. The molecular formula is C16H13NO4. The van der Waals surface area contributed by atoms with Gasteiger partial charge >= 0.3 is 0 Å². The Labute approximate surface area is 121 Å². The fourth-order valence-electron chi connectivity index (χ4n) is 2.24. The number of pyridine rings is 1. The van der Waals surface area contributed by atoms with E-state index in [1.165, 1.54) is 10.6 Å². The largest absolute Gasteiger partial charge is 0.507 e. The van der Waals surface area contributed by atoms with Crippen LogP contribution in [-0.4, -0.2) is 16.5 Å². The van der Waals surface area contributed by atoms with Crippen LogP contribution < -0.4 is 15.0 Å². The smallest absolute Gasteiger partial charge is 0.258 e. The van der Waals surface area contributed by atoms with Crippen molar-refractivity contribution < 1.29 is 14.6 Å². The van der Waals surface area contributed by atoms with E-state index in [0.717, 1.165) is 5.56 Å². The van der Waals surface area contributed by atoms with Gasteiger partial charge in [-0.3, -0.25) is 4.79 Å². The molecule has 0 saturated heterocycles. The van der Waals surface area contributed by atoms with Gasteiger partial charge in [0.05, 0.1) is 12.1 Å². The van der Waals surface area contributed by atoms with Crippen LogP contribution in [0.5, 0.6) is 17.2 Å². The summed E-state index contributed by atoms with van der Waals surface area (Å²) in [7, 11) is 0. The molecule has 2 aromatic rings. The SMILES string of the molecule is C#CCc1c(O)ccn(Cc2ccc3c(c2)OCO3)c1=O. The molecule has 0 radical (unpaired) electrons. The molecule has 1 aliphatic rings. The van der Waals surface area contributed by atoms with E-state index < -0.39 is 0 Å². The average Bonchev–Trinajstić information content (AvgIpc) is 2.94. The summed E-state index contributed by atoms with van der Waals surface area (Å²) in [5, 5.41) is 9.69. The third-order valence-corrected chi connectivity index (χ3v) is 3.31. The molecule has 0 spiro atoms. The summed E-state index contributed by atoms with van der Waals surface area (Å²) < 4.78 is 12.1. The summed E-state index contributed by atoms with van der Waals surface area (Å²) in [6, 6.07) is 6.99. The molecule has 5 heteroatoms. The summed E-state index contributed by atoms with van der Waals surface area (Å²) in [5.74, 6) is 3.68. The first-order valence-corrected chi connectivity index (χ1v) is 6.42. The quantitative estimate of drug-likeness (QED) is 0.867. The second-order valence-corrected chi connectivity index (χ2v) is 4.68. The zero-order valence-corrected chi connectivity index (χ0v) is 11.2. The Morgan fingerprint density at radius 2 is 2.10 bits per heavy atom. The predicted molar refractivity (Wildman–Crippen MR) is 76.6 cm³/mol. The van der Waals surface area contributed by atoms with Crippen LogP contribution in [0.4, 0.5) is 0 Å². The van der Waals surface area contributed by atoms with E-state index in [0.29, 0.717) is 18.0 Å². The second kappa shape index (κ2) is 5.25. The van der Waals surface area contributed by atoms with Crippen LogP contribution in [0.15, 0.2) is 35.3 Å². The molecule has 0 amide bonds. The summed E-state index contributed by atoms with van der Waals surface area (Å²) in [6.45, 7) is 0.581. The fourth-order valence-corrected chi connectivity index (χ4v) is 2.24. The van der Waals surface area contributed by atoms with Gasteiger partial charge in [0.1, 0.15) is 5.75 Å². The zero-order valence-electron chi connectivity index (χ0n) is 11.2. The van der Waals surface area contributed by atoms with Crippen LogP contribution in [-0.2, 0) is 13.0 Å².